The van der Waals surface area contributed by atoms with Gasteiger partial charge in [0.05, 0.1) is 0 Å². The van der Waals surface area contributed by atoms with Gasteiger partial charge in [0, 0.05) is 27.4 Å². The normalized spacial score (nSPS) is 13.3. The molecule has 0 aliphatic heterocycles. The zero-order chi connectivity index (χ0) is 20.4. The van der Waals surface area contributed by atoms with E-state index in [0.717, 1.165) is 25.8 Å². The maximum atomic E-state index is 12.4. The van der Waals surface area contributed by atoms with Crippen molar-refractivity contribution in [2.75, 3.05) is 6.61 Å². The van der Waals surface area contributed by atoms with Crippen molar-refractivity contribution in [2.45, 2.75) is 12.0 Å². The molecule has 1 aliphatic carbocycles. The number of fused-ring (bicyclic) bond motifs is 3. The Bertz CT molecular complexity index is 1040. The van der Waals surface area contributed by atoms with Gasteiger partial charge < -0.3 is 15.2 Å². The van der Waals surface area contributed by atoms with Crippen molar-refractivity contribution in [3.8, 4) is 11.1 Å². The number of ether oxygens (including phenoxy) is 1. The van der Waals surface area contributed by atoms with Gasteiger partial charge in [-0.15, -0.1) is 0 Å². The number of aromatic nitrogens is 1. The predicted octanol–water partition coefficient (Wildman–Crippen LogP) is 4.35. The summed E-state index contributed by atoms with van der Waals surface area (Å²) in [6.07, 6.45) is 2.25. The van der Waals surface area contributed by atoms with Crippen molar-refractivity contribution in [2.24, 2.45) is 0 Å². The molecule has 0 fully saturated rings. The van der Waals surface area contributed by atoms with E-state index in [2.05, 4.69) is 22.4 Å². The average molecular weight is 500 g/mol. The third kappa shape index (κ3) is 3.95. The molecule has 1 aromatic heterocycles. The molecule has 2 aromatic carbocycles. The molecular formula is C22H17IN2O4. The minimum absolute atomic E-state index is 0.0873. The molecule has 2 N–H and O–H groups in total. The Morgan fingerprint density at radius 2 is 1.69 bits per heavy atom. The van der Waals surface area contributed by atoms with E-state index in [0.29, 0.717) is 5.56 Å². The number of hydrogen-bond donors (Lipinski definition) is 2. The number of carboxylic acids is 1. The number of nitrogens with zero attached hydrogens (tertiary/aromatic N) is 1. The van der Waals surface area contributed by atoms with Crippen LogP contribution in [0.1, 0.15) is 28.7 Å². The number of halogens is 1. The molecule has 7 heteroatoms. The van der Waals surface area contributed by atoms with Gasteiger partial charge in [-0.05, 0) is 50.9 Å². The number of hydrogen-bond acceptors (Lipinski definition) is 4. The lowest BCUT2D eigenvalue weighted by Crippen LogP contribution is -2.35. The molecule has 6 nitrogen and oxygen atoms in total. The lowest BCUT2D eigenvalue weighted by Gasteiger charge is -2.17. The third-order valence-corrected chi connectivity index (χ3v) is 5.50. The number of alkyl carbamates (subject to hydrolysis) is 1. The zero-order valence-electron chi connectivity index (χ0n) is 15.2. The van der Waals surface area contributed by atoms with Crippen LogP contribution in [0.15, 0.2) is 67.0 Å². The minimum Gasteiger partial charge on any atom is -0.479 e. The number of nitrogens with one attached hydrogen (secondary N) is 1. The van der Waals surface area contributed by atoms with Crippen molar-refractivity contribution in [1.82, 2.24) is 10.3 Å². The van der Waals surface area contributed by atoms with Crippen LogP contribution in [-0.4, -0.2) is 28.8 Å². The molecule has 0 spiro atoms. The molecule has 1 unspecified atom stereocenters. The number of pyridine rings is 1. The smallest absolute Gasteiger partial charge is 0.408 e. The SMILES string of the molecule is O=C(NC(C(=O)O)c1cncc(I)c1)OCC1c2ccccc2-c2ccccc21. The molecule has 1 aliphatic rings. The van der Waals surface area contributed by atoms with E-state index in [4.69, 9.17) is 4.74 Å². The van der Waals surface area contributed by atoms with Gasteiger partial charge in [0.15, 0.2) is 6.04 Å². The Kier molecular flexibility index (Phi) is 5.48. The summed E-state index contributed by atoms with van der Waals surface area (Å²) in [7, 11) is 0. The highest BCUT2D eigenvalue weighted by atomic mass is 127. The van der Waals surface area contributed by atoms with Crippen LogP contribution >= 0.6 is 22.6 Å². The standard InChI is InChI=1S/C22H17IN2O4/c23-14-9-13(10-24-11-14)20(21(26)27)25-22(28)29-12-19-17-7-3-1-5-15(17)16-6-2-4-8-18(16)19/h1-11,19-20H,12H2,(H,25,28)(H,26,27). The second-order valence-corrected chi connectivity index (χ2v) is 7.92. The summed E-state index contributed by atoms with van der Waals surface area (Å²) in [5.74, 6) is -1.27. The summed E-state index contributed by atoms with van der Waals surface area (Å²) >= 11 is 2.04. The second kappa shape index (κ2) is 8.20. The van der Waals surface area contributed by atoms with Gasteiger partial charge in [0.2, 0.25) is 0 Å². The maximum absolute atomic E-state index is 12.4. The van der Waals surface area contributed by atoms with E-state index < -0.39 is 18.1 Å². The number of amides is 1. The third-order valence-electron chi connectivity index (χ3n) is 4.91. The van der Waals surface area contributed by atoms with Gasteiger partial charge in [-0.2, -0.15) is 0 Å². The first kappa shape index (κ1) is 19.4. The van der Waals surface area contributed by atoms with Gasteiger partial charge in [0.25, 0.3) is 0 Å². The van der Waals surface area contributed by atoms with Crippen LogP contribution in [0, 0.1) is 3.57 Å². The highest BCUT2D eigenvalue weighted by Crippen LogP contribution is 2.44. The fourth-order valence-corrected chi connectivity index (χ4v) is 4.15. The average Bonchev–Trinajstić information content (AvgIpc) is 3.04. The molecule has 0 bridgehead atoms. The lowest BCUT2D eigenvalue weighted by atomic mass is 9.98. The van der Waals surface area contributed by atoms with Crippen LogP contribution in [0.5, 0.6) is 0 Å². The van der Waals surface area contributed by atoms with Crippen LogP contribution in [0.2, 0.25) is 0 Å². The molecule has 0 radical (unpaired) electrons. The summed E-state index contributed by atoms with van der Waals surface area (Å²) in [6.45, 7) is 0.122. The van der Waals surface area contributed by atoms with Gasteiger partial charge in [-0.1, -0.05) is 48.5 Å². The first-order valence-corrected chi connectivity index (χ1v) is 10.1. The van der Waals surface area contributed by atoms with Crippen molar-refractivity contribution >= 4 is 34.7 Å². The molecule has 1 heterocycles. The number of aliphatic carboxylic acids is 1. The summed E-state index contributed by atoms with van der Waals surface area (Å²) in [5.41, 5.74) is 4.84. The number of carbonyl (C=O) groups is 2. The van der Waals surface area contributed by atoms with E-state index >= 15 is 0 Å². The van der Waals surface area contributed by atoms with Gasteiger partial charge in [-0.3, -0.25) is 4.98 Å². The van der Waals surface area contributed by atoms with Crippen molar-refractivity contribution in [3.63, 3.8) is 0 Å². The molecule has 0 saturated heterocycles. The number of benzene rings is 2. The van der Waals surface area contributed by atoms with E-state index in [9.17, 15) is 14.7 Å². The molecule has 1 amide bonds. The Morgan fingerprint density at radius 3 is 2.28 bits per heavy atom. The first-order valence-electron chi connectivity index (χ1n) is 8.99. The zero-order valence-corrected chi connectivity index (χ0v) is 17.4. The molecule has 1 atom stereocenters. The van der Waals surface area contributed by atoms with E-state index in [1.807, 2.05) is 59.0 Å². The quantitative estimate of drug-likeness (QED) is 0.509. The molecule has 4 rings (SSSR count). The maximum Gasteiger partial charge on any atom is 0.408 e. The van der Waals surface area contributed by atoms with Crippen LogP contribution in [0.4, 0.5) is 4.79 Å². The molecule has 3 aromatic rings. The molecular weight excluding hydrogens is 483 g/mol. The summed E-state index contributed by atoms with van der Waals surface area (Å²) in [4.78, 5) is 28.0. The van der Waals surface area contributed by atoms with E-state index in [1.54, 1.807) is 12.3 Å². The largest absolute Gasteiger partial charge is 0.479 e. The van der Waals surface area contributed by atoms with Gasteiger partial charge in [-0.25, -0.2) is 9.59 Å². The summed E-state index contributed by atoms with van der Waals surface area (Å²) in [6, 6.07) is 16.5. The van der Waals surface area contributed by atoms with Crippen molar-refractivity contribution < 1.29 is 19.4 Å². The topological polar surface area (TPSA) is 88.5 Å². The predicted molar refractivity (Wildman–Crippen MR) is 116 cm³/mol. The van der Waals surface area contributed by atoms with Crippen molar-refractivity contribution in [3.05, 3.63) is 87.3 Å². The molecule has 0 saturated carbocycles. The first-order chi connectivity index (χ1) is 14.0. The monoisotopic (exact) mass is 500 g/mol. The van der Waals surface area contributed by atoms with Crippen LogP contribution < -0.4 is 5.32 Å². The highest BCUT2D eigenvalue weighted by molar-refractivity contribution is 14.1. The van der Waals surface area contributed by atoms with Crippen LogP contribution in [0.25, 0.3) is 11.1 Å². The Labute approximate surface area is 181 Å². The van der Waals surface area contributed by atoms with E-state index in [-0.39, 0.29) is 12.5 Å². The molecule has 29 heavy (non-hydrogen) atoms. The highest BCUT2D eigenvalue weighted by Gasteiger charge is 2.30. The Balaban J connectivity index is 1.49. The summed E-state index contributed by atoms with van der Waals surface area (Å²) < 4.78 is 6.21. The Morgan fingerprint density at radius 1 is 1.07 bits per heavy atom. The number of rotatable bonds is 5. The number of carbonyl (C=O) groups excluding carboxylic acids is 1. The minimum atomic E-state index is -1.23. The van der Waals surface area contributed by atoms with Crippen LogP contribution in [0.3, 0.4) is 0 Å². The summed E-state index contributed by atoms with van der Waals surface area (Å²) in [5, 5.41) is 11.9. The van der Waals surface area contributed by atoms with Gasteiger partial charge in [0.1, 0.15) is 6.61 Å². The van der Waals surface area contributed by atoms with Gasteiger partial charge >= 0.3 is 12.1 Å². The second-order valence-electron chi connectivity index (χ2n) is 6.68. The fraction of sp³-hybridized carbons (Fsp3) is 0.136. The molecule has 146 valence electrons. The fourth-order valence-electron chi connectivity index (χ4n) is 3.63. The lowest BCUT2D eigenvalue weighted by molar-refractivity contribution is -0.139. The number of carboxylic acid groups (broad SMARTS) is 1. The van der Waals surface area contributed by atoms with Crippen LogP contribution in [-0.2, 0) is 9.53 Å². The van der Waals surface area contributed by atoms with Crippen molar-refractivity contribution in [1.29, 1.82) is 0 Å². The van der Waals surface area contributed by atoms with E-state index in [1.165, 1.54) is 6.20 Å². The Hall–Kier alpha value is -2.94.